The van der Waals surface area contributed by atoms with Crippen LogP contribution in [0.1, 0.15) is 48.6 Å². The van der Waals surface area contributed by atoms with Gasteiger partial charge >= 0.3 is 0 Å². The molecule has 5 rings (SSSR count). The van der Waals surface area contributed by atoms with Gasteiger partial charge in [0.2, 0.25) is 11.7 Å². The number of carbonyl (C=O) groups is 2. The fraction of sp³-hybridized carbons (Fsp3) is 0.370. The number of hydrogen-bond donors (Lipinski definition) is 1. The molecule has 3 aromatic heterocycles. The van der Waals surface area contributed by atoms with E-state index in [0.29, 0.717) is 23.9 Å². The first kappa shape index (κ1) is 27.5. The van der Waals surface area contributed by atoms with Gasteiger partial charge in [-0.05, 0) is 58.5 Å². The summed E-state index contributed by atoms with van der Waals surface area (Å²) in [7, 11) is 4.00. The molecule has 10 nitrogen and oxygen atoms in total. The van der Waals surface area contributed by atoms with Crippen LogP contribution in [0, 0.1) is 6.92 Å². The van der Waals surface area contributed by atoms with Crippen molar-refractivity contribution in [3.05, 3.63) is 65.9 Å². The molecule has 0 bridgehead atoms. The Hall–Kier alpha value is -4.05. The summed E-state index contributed by atoms with van der Waals surface area (Å²) in [6, 6.07) is 11.7. The monoisotopic (exact) mass is 506 g/mol. The van der Waals surface area contributed by atoms with Gasteiger partial charge in [-0.3, -0.25) is 14.0 Å². The molecule has 0 unspecified atom stereocenters. The van der Waals surface area contributed by atoms with Gasteiger partial charge in [0.05, 0.1) is 12.1 Å². The number of carbonyl (C=O) groups excluding carboxylic acids is 2. The second-order valence-electron chi connectivity index (χ2n) is 9.71. The molecule has 0 radical (unpaired) electrons. The summed E-state index contributed by atoms with van der Waals surface area (Å²) < 4.78 is 11.7. The van der Waals surface area contributed by atoms with Crippen LogP contribution in [0.3, 0.4) is 0 Å². The fourth-order valence-electron chi connectivity index (χ4n) is 3.59. The normalized spacial score (nSPS) is 13.5. The van der Waals surface area contributed by atoms with Crippen molar-refractivity contribution in [3.63, 3.8) is 0 Å². The third-order valence-corrected chi connectivity index (χ3v) is 5.59. The van der Waals surface area contributed by atoms with Crippen molar-refractivity contribution in [2.75, 3.05) is 32.5 Å². The summed E-state index contributed by atoms with van der Waals surface area (Å²) in [4.78, 5) is 30.8. The van der Waals surface area contributed by atoms with E-state index in [1.807, 2.05) is 58.3 Å². The number of likely N-dealkylation sites (N-methyl/N-ethyl adjacent to an activating group) is 1. The van der Waals surface area contributed by atoms with Crippen LogP contribution in [0.15, 0.2) is 53.3 Å². The van der Waals surface area contributed by atoms with Crippen LogP contribution in [-0.2, 0) is 9.53 Å². The number of anilines is 1. The molecule has 1 aromatic carbocycles. The van der Waals surface area contributed by atoms with Crippen molar-refractivity contribution in [1.82, 2.24) is 24.4 Å². The van der Waals surface area contributed by atoms with Gasteiger partial charge in [-0.2, -0.15) is 4.98 Å². The highest BCUT2D eigenvalue weighted by Crippen LogP contribution is 2.28. The first-order valence-electron chi connectivity index (χ1n) is 11.9. The van der Waals surface area contributed by atoms with Crippen molar-refractivity contribution < 1.29 is 18.8 Å². The van der Waals surface area contributed by atoms with E-state index in [-0.39, 0.29) is 5.60 Å². The minimum absolute atomic E-state index is 0.318. The predicted molar refractivity (Wildman–Crippen MR) is 142 cm³/mol. The van der Waals surface area contributed by atoms with E-state index in [1.54, 1.807) is 10.6 Å². The Morgan fingerprint density at radius 1 is 1.16 bits per heavy atom. The molecule has 4 aromatic rings. The number of ether oxygens (including phenoxy) is 1. The number of aryl methyl sites for hydroxylation is 1. The third kappa shape index (κ3) is 7.47. The van der Waals surface area contributed by atoms with E-state index >= 15 is 0 Å². The van der Waals surface area contributed by atoms with Crippen molar-refractivity contribution in [2.24, 2.45) is 0 Å². The number of nitrogens with zero attached hydrogens (tertiary/aromatic N) is 5. The van der Waals surface area contributed by atoms with Gasteiger partial charge in [-0.15, -0.1) is 0 Å². The van der Waals surface area contributed by atoms with Crippen LogP contribution < -0.4 is 5.32 Å². The van der Waals surface area contributed by atoms with Crippen molar-refractivity contribution >= 4 is 24.1 Å². The smallest absolute Gasteiger partial charge is 0.293 e. The molecule has 196 valence electrons. The molecule has 0 atom stereocenters. The number of rotatable bonds is 5. The zero-order valence-corrected chi connectivity index (χ0v) is 22.1. The van der Waals surface area contributed by atoms with E-state index in [9.17, 15) is 9.59 Å². The Labute approximate surface area is 216 Å². The van der Waals surface area contributed by atoms with Gasteiger partial charge in [-0.1, -0.05) is 23.4 Å². The van der Waals surface area contributed by atoms with Crippen LogP contribution in [0.2, 0.25) is 0 Å². The molecular formula is C27H34N6O4. The van der Waals surface area contributed by atoms with Crippen LogP contribution in [0.4, 0.5) is 5.69 Å². The van der Waals surface area contributed by atoms with E-state index in [2.05, 4.69) is 56.2 Å². The zero-order chi connectivity index (χ0) is 27.0. The molecule has 1 N–H and O–H groups in total. The van der Waals surface area contributed by atoms with Crippen molar-refractivity contribution in [2.45, 2.75) is 39.2 Å². The number of imidazole rings is 1. The maximum Gasteiger partial charge on any atom is 0.293 e. The minimum atomic E-state index is -0.318. The molecular weight excluding hydrogens is 472 g/mol. The number of aldehydes is 1. The van der Waals surface area contributed by atoms with Gasteiger partial charge in [0.15, 0.2) is 6.29 Å². The third-order valence-electron chi connectivity index (χ3n) is 5.59. The molecule has 4 heterocycles. The highest BCUT2D eigenvalue weighted by molar-refractivity contribution is 5.73. The van der Waals surface area contributed by atoms with Crippen molar-refractivity contribution in [3.8, 4) is 11.4 Å². The summed E-state index contributed by atoms with van der Waals surface area (Å²) in [6.07, 6.45) is 4.16. The van der Waals surface area contributed by atoms with Crippen LogP contribution in [-0.4, -0.2) is 70.0 Å². The molecule has 0 spiro atoms. The Kier molecular flexibility index (Phi) is 9.13. The highest BCUT2D eigenvalue weighted by Gasteiger charge is 2.30. The summed E-state index contributed by atoms with van der Waals surface area (Å²) >= 11 is 0. The molecule has 1 aliphatic rings. The minimum Gasteiger partial charge on any atom is -0.462 e. The number of nitrogens with one attached hydrogen (secondary N) is 1. The van der Waals surface area contributed by atoms with E-state index in [1.165, 1.54) is 5.56 Å². The van der Waals surface area contributed by atoms with E-state index in [4.69, 9.17) is 4.52 Å². The van der Waals surface area contributed by atoms with Gasteiger partial charge in [-0.25, -0.2) is 4.98 Å². The highest BCUT2D eigenvalue weighted by atomic mass is 16.5. The number of aromatic nitrogens is 4. The lowest BCUT2D eigenvalue weighted by Crippen LogP contribution is -2.41. The number of pyridine rings is 1. The maximum atomic E-state index is 10.4. The zero-order valence-electron chi connectivity index (χ0n) is 22.1. The predicted octanol–water partition coefficient (Wildman–Crippen LogP) is 4.22. The molecule has 0 saturated carbocycles. The van der Waals surface area contributed by atoms with Gasteiger partial charge in [0.25, 0.3) is 6.47 Å². The number of fused-ring (bicyclic) bond motifs is 1. The Bertz CT molecular complexity index is 1320. The lowest BCUT2D eigenvalue weighted by molar-refractivity contribution is -0.138. The quantitative estimate of drug-likeness (QED) is 0.397. The lowest BCUT2D eigenvalue weighted by Gasteiger charge is -2.33. The molecule has 1 saturated heterocycles. The molecule has 0 aliphatic carbocycles. The molecule has 1 fully saturated rings. The SMILES string of the molecule is CC(C)(C)OC=O.CNc1cc(-c2noc(C3CN(C)C3)n2)ccc1C.O=Cc1cnc2ccccn12. The number of hydrogen-bond acceptors (Lipinski definition) is 9. The summed E-state index contributed by atoms with van der Waals surface area (Å²) in [5.41, 5.74) is 4.34. The van der Waals surface area contributed by atoms with Crippen LogP contribution in [0.5, 0.6) is 0 Å². The average molecular weight is 507 g/mol. The van der Waals surface area contributed by atoms with E-state index in [0.717, 1.165) is 42.2 Å². The Morgan fingerprint density at radius 3 is 2.51 bits per heavy atom. The first-order chi connectivity index (χ1) is 17.6. The number of benzene rings is 1. The summed E-state index contributed by atoms with van der Waals surface area (Å²) in [6.45, 7) is 9.99. The Balaban J connectivity index is 0.000000178. The van der Waals surface area contributed by atoms with Crippen LogP contribution in [0.25, 0.3) is 17.0 Å². The topological polar surface area (TPSA) is 115 Å². The summed E-state index contributed by atoms with van der Waals surface area (Å²) in [5.74, 6) is 1.81. The fourth-order valence-corrected chi connectivity index (χ4v) is 3.59. The second kappa shape index (κ2) is 12.3. The molecule has 1 aliphatic heterocycles. The van der Waals surface area contributed by atoms with Gasteiger partial charge < -0.3 is 19.5 Å². The first-order valence-corrected chi connectivity index (χ1v) is 11.9. The molecule has 37 heavy (non-hydrogen) atoms. The average Bonchev–Trinajstić information content (AvgIpc) is 3.50. The van der Waals surface area contributed by atoms with Gasteiger partial charge in [0.1, 0.15) is 16.9 Å². The lowest BCUT2D eigenvalue weighted by atomic mass is 10.0. The second-order valence-corrected chi connectivity index (χ2v) is 9.71. The number of likely N-dealkylation sites (tertiary alicyclic amines) is 1. The standard InChI is InChI=1S/C14H18N4O.C8H6N2O.C5H10O2/c1-9-4-5-10(6-12(9)15-2)13-16-14(19-17-13)11-7-18(3)8-11;11-6-7-5-9-8-3-1-2-4-10(7)8;1-5(2,3)7-4-6/h4-6,11,15H,7-8H2,1-3H3;1-6H;4H,1-3H3. The van der Waals surface area contributed by atoms with Gasteiger partial charge in [0, 0.05) is 37.6 Å². The largest absolute Gasteiger partial charge is 0.462 e. The van der Waals surface area contributed by atoms with Crippen molar-refractivity contribution in [1.29, 1.82) is 0 Å². The molecule has 0 amide bonds. The molecule has 10 heteroatoms. The maximum absolute atomic E-state index is 10.4. The summed E-state index contributed by atoms with van der Waals surface area (Å²) in [5, 5.41) is 7.26. The Morgan fingerprint density at radius 2 is 1.92 bits per heavy atom. The van der Waals surface area contributed by atoms with Crippen LogP contribution >= 0.6 is 0 Å². The van der Waals surface area contributed by atoms with E-state index < -0.39 is 0 Å².